The number of rotatable bonds is 4. The maximum atomic E-state index is 14.0. The second kappa shape index (κ2) is 8.38. The van der Waals surface area contributed by atoms with Gasteiger partial charge in [-0.3, -0.25) is 4.79 Å². The number of amides is 3. The molecule has 0 atom stereocenters. The highest BCUT2D eigenvalue weighted by molar-refractivity contribution is 5.94. The summed E-state index contributed by atoms with van der Waals surface area (Å²) in [6.07, 6.45) is 4.44. The van der Waals surface area contributed by atoms with Crippen molar-refractivity contribution in [3.63, 3.8) is 0 Å². The van der Waals surface area contributed by atoms with E-state index in [9.17, 15) is 14.0 Å². The lowest BCUT2D eigenvalue weighted by molar-refractivity contribution is 0.0663. The van der Waals surface area contributed by atoms with Gasteiger partial charge in [-0.2, -0.15) is 0 Å². The molecule has 0 radical (unpaired) electrons. The van der Waals surface area contributed by atoms with Gasteiger partial charge in [-0.25, -0.2) is 9.18 Å². The van der Waals surface area contributed by atoms with E-state index in [-0.39, 0.29) is 23.7 Å². The zero-order valence-corrected chi connectivity index (χ0v) is 15.2. The van der Waals surface area contributed by atoms with Gasteiger partial charge < -0.3 is 19.9 Å². The number of hydrogen-bond donors (Lipinski definition) is 1. The Morgan fingerprint density at radius 2 is 1.81 bits per heavy atom. The fourth-order valence-corrected chi connectivity index (χ4v) is 3.54. The van der Waals surface area contributed by atoms with Crippen LogP contribution in [0.5, 0.6) is 5.75 Å². The molecule has 1 heterocycles. The molecule has 2 fully saturated rings. The summed E-state index contributed by atoms with van der Waals surface area (Å²) < 4.78 is 19.1. The van der Waals surface area contributed by atoms with Crippen LogP contribution in [0.1, 0.15) is 43.0 Å². The van der Waals surface area contributed by atoms with Crippen molar-refractivity contribution in [1.82, 2.24) is 15.1 Å². The molecule has 1 aliphatic carbocycles. The zero-order valence-electron chi connectivity index (χ0n) is 15.2. The average molecular weight is 363 g/mol. The third-order valence-electron chi connectivity index (χ3n) is 5.02. The van der Waals surface area contributed by atoms with Gasteiger partial charge in [0, 0.05) is 37.8 Å². The van der Waals surface area contributed by atoms with Crippen LogP contribution >= 0.6 is 0 Å². The first-order chi connectivity index (χ1) is 12.6. The quantitative estimate of drug-likeness (QED) is 0.895. The van der Waals surface area contributed by atoms with Crippen molar-refractivity contribution in [2.75, 3.05) is 32.8 Å². The molecular weight excluding hydrogens is 337 g/mol. The van der Waals surface area contributed by atoms with Crippen LogP contribution in [0.3, 0.4) is 0 Å². The smallest absolute Gasteiger partial charge is 0.317 e. The molecule has 0 aromatic heterocycles. The molecule has 7 heteroatoms. The summed E-state index contributed by atoms with van der Waals surface area (Å²) in [4.78, 5) is 28.3. The first kappa shape index (κ1) is 18.5. The molecule has 1 aromatic rings. The van der Waals surface area contributed by atoms with Gasteiger partial charge in [0.25, 0.3) is 5.91 Å². The Labute approximate surface area is 153 Å². The Kier molecular flexibility index (Phi) is 5.96. The van der Waals surface area contributed by atoms with E-state index in [2.05, 4.69) is 5.32 Å². The summed E-state index contributed by atoms with van der Waals surface area (Å²) in [5.41, 5.74) is 0.301. The number of carbonyl (C=O) groups is 2. The van der Waals surface area contributed by atoms with Crippen molar-refractivity contribution < 1.29 is 18.7 Å². The van der Waals surface area contributed by atoms with Crippen LogP contribution < -0.4 is 10.1 Å². The number of nitrogens with zero attached hydrogens (tertiary/aromatic N) is 2. The van der Waals surface area contributed by atoms with Crippen molar-refractivity contribution in [2.24, 2.45) is 0 Å². The fourth-order valence-electron chi connectivity index (χ4n) is 3.54. The van der Waals surface area contributed by atoms with Crippen molar-refractivity contribution in [1.29, 1.82) is 0 Å². The molecule has 2 aliphatic rings. The van der Waals surface area contributed by atoms with E-state index in [1.54, 1.807) is 22.8 Å². The van der Waals surface area contributed by atoms with Gasteiger partial charge in [0.05, 0.1) is 6.61 Å². The highest BCUT2D eigenvalue weighted by Gasteiger charge is 2.27. The Morgan fingerprint density at radius 1 is 1.15 bits per heavy atom. The van der Waals surface area contributed by atoms with Crippen molar-refractivity contribution in [3.05, 3.63) is 29.6 Å². The normalized spacial score (nSPS) is 18.1. The highest BCUT2D eigenvalue weighted by Crippen LogP contribution is 2.20. The van der Waals surface area contributed by atoms with Gasteiger partial charge in [-0.05, 0) is 38.0 Å². The number of carbonyl (C=O) groups excluding carboxylic acids is 2. The van der Waals surface area contributed by atoms with Gasteiger partial charge in [-0.15, -0.1) is 0 Å². The maximum Gasteiger partial charge on any atom is 0.317 e. The Bertz CT molecular complexity index is 653. The monoisotopic (exact) mass is 363 g/mol. The molecule has 0 spiro atoms. The lowest BCUT2D eigenvalue weighted by Crippen LogP contribution is -2.54. The molecular formula is C19H26FN3O3. The molecule has 1 aliphatic heterocycles. The van der Waals surface area contributed by atoms with Crippen LogP contribution in [0.4, 0.5) is 9.18 Å². The summed E-state index contributed by atoms with van der Waals surface area (Å²) >= 11 is 0. The summed E-state index contributed by atoms with van der Waals surface area (Å²) in [5, 5.41) is 3.07. The predicted molar refractivity (Wildman–Crippen MR) is 95.8 cm³/mol. The van der Waals surface area contributed by atoms with Crippen LogP contribution in [0.2, 0.25) is 0 Å². The van der Waals surface area contributed by atoms with E-state index in [1.165, 1.54) is 25.0 Å². The summed E-state index contributed by atoms with van der Waals surface area (Å²) in [6.45, 7) is 4.03. The number of urea groups is 1. The number of halogens is 1. The predicted octanol–water partition coefficient (Wildman–Crippen LogP) is 2.63. The van der Waals surface area contributed by atoms with E-state index >= 15 is 0 Å². The molecule has 1 N–H and O–H groups in total. The number of hydrogen-bond acceptors (Lipinski definition) is 3. The number of piperazine rings is 1. The van der Waals surface area contributed by atoms with Crippen molar-refractivity contribution >= 4 is 11.9 Å². The van der Waals surface area contributed by atoms with Gasteiger partial charge in [0.15, 0.2) is 11.6 Å². The van der Waals surface area contributed by atoms with E-state index < -0.39 is 5.82 Å². The van der Waals surface area contributed by atoms with Crippen LogP contribution in [-0.4, -0.2) is 60.6 Å². The van der Waals surface area contributed by atoms with Crippen molar-refractivity contribution in [3.8, 4) is 5.75 Å². The molecule has 1 saturated heterocycles. The van der Waals surface area contributed by atoms with Gasteiger partial charge in [0.1, 0.15) is 0 Å². The van der Waals surface area contributed by atoms with Gasteiger partial charge >= 0.3 is 6.03 Å². The van der Waals surface area contributed by atoms with E-state index in [1.807, 2.05) is 0 Å². The topological polar surface area (TPSA) is 61.9 Å². The lowest BCUT2D eigenvalue weighted by atomic mass is 10.1. The van der Waals surface area contributed by atoms with Crippen LogP contribution in [-0.2, 0) is 0 Å². The maximum absolute atomic E-state index is 14.0. The number of benzene rings is 1. The second-order valence-electron chi connectivity index (χ2n) is 6.79. The molecule has 142 valence electrons. The molecule has 3 amide bonds. The molecule has 0 unspecified atom stereocenters. The standard InChI is InChI=1S/C19H26FN3O3/c1-2-26-17-8-7-14(13-16(17)20)18(24)22-9-11-23(12-10-22)19(25)21-15-5-3-4-6-15/h7-8,13,15H,2-6,9-12H2,1H3,(H,21,25). The Balaban J connectivity index is 1.53. The minimum absolute atomic E-state index is 0.0453. The third-order valence-corrected chi connectivity index (χ3v) is 5.02. The molecule has 6 nitrogen and oxygen atoms in total. The SMILES string of the molecule is CCOc1ccc(C(=O)N2CCN(C(=O)NC3CCCC3)CC2)cc1F. The first-order valence-electron chi connectivity index (χ1n) is 9.35. The molecule has 1 saturated carbocycles. The lowest BCUT2D eigenvalue weighted by Gasteiger charge is -2.35. The van der Waals surface area contributed by atoms with Gasteiger partial charge in [-0.1, -0.05) is 12.8 Å². The number of ether oxygens (including phenoxy) is 1. The van der Waals surface area contributed by atoms with E-state index in [0.29, 0.717) is 38.3 Å². The van der Waals surface area contributed by atoms with Gasteiger partial charge in [0.2, 0.25) is 0 Å². The molecule has 3 rings (SSSR count). The third kappa shape index (κ3) is 4.26. The Morgan fingerprint density at radius 3 is 2.42 bits per heavy atom. The first-order valence-corrected chi connectivity index (χ1v) is 9.35. The summed E-state index contributed by atoms with van der Waals surface area (Å²) in [7, 11) is 0. The summed E-state index contributed by atoms with van der Waals surface area (Å²) in [5.74, 6) is -0.604. The number of nitrogens with one attached hydrogen (secondary N) is 1. The Hall–Kier alpha value is -2.31. The van der Waals surface area contributed by atoms with E-state index in [4.69, 9.17) is 4.74 Å². The fraction of sp³-hybridized carbons (Fsp3) is 0.579. The highest BCUT2D eigenvalue weighted by atomic mass is 19.1. The summed E-state index contributed by atoms with van der Waals surface area (Å²) in [6, 6.07) is 4.52. The zero-order chi connectivity index (χ0) is 18.5. The minimum Gasteiger partial charge on any atom is -0.491 e. The largest absolute Gasteiger partial charge is 0.491 e. The van der Waals surface area contributed by atoms with Crippen LogP contribution in [0.15, 0.2) is 18.2 Å². The molecule has 0 bridgehead atoms. The molecule has 26 heavy (non-hydrogen) atoms. The van der Waals surface area contributed by atoms with Crippen LogP contribution in [0, 0.1) is 5.82 Å². The van der Waals surface area contributed by atoms with Crippen molar-refractivity contribution in [2.45, 2.75) is 38.6 Å². The second-order valence-corrected chi connectivity index (χ2v) is 6.79. The van der Waals surface area contributed by atoms with E-state index in [0.717, 1.165) is 12.8 Å². The average Bonchev–Trinajstić information content (AvgIpc) is 3.16. The van der Waals surface area contributed by atoms with Crippen LogP contribution in [0.25, 0.3) is 0 Å². The minimum atomic E-state index is -0.535. The molecule has 1 aromatic carbocycles.